The number of rotatable bonds is 10. The predicted octanol–water partition coefficient (Wildman–Crippen LogP) is 3.56. The number of unbranched alkanes of at least 4 members (excludes halogenated alkanes) is 2. The van der Waals surface area contributed by atoms with Gasteiger partial charge in [-0.1, -0.05) is 26.7 Å². The monoisotopic (exact) mass is 343 g/mol. The molecule has 0 rings (SSSR count). The SMILES string of the molecule is CCCCOS(=O)(=O)[O-].CCCC[N+](CC)(CC)P(C)C. The minimum atomic E-state index is -4.45. The Labute approximate surface area is 133 Å². The van der Waals surface area contributed by atoms with Crippen LogP contribution in [0.4, 0.5) is 0 Å². The highest BCUT2D eigenvalue weighted by Gasteiger charge is 2.26. The van der Waals surface area contributed by atoms with Crippen LogP contribution >= 0.6 is 8.07 Å². The van der Waals surface area contributed by atoms with E-state index in [9.17, 15) is 13.0 Å². The third-order valence-corrected chi connectivity index (χ3v) is 6.60. The molecule has 0 saturated heterocycles. The summed E-state index contributed by atoms with van der Waals surface area (Å²) in [6.07, 6.45) is 4.14. The molecule has 0 heterocycles. The molecule has 0 spiro atoms. The molecule has 7 heteroatoms. The molecule has 21 heavy (non-hydrogen) atoms. The lowest BCUT2D eigenvalue weighted by atomic mass is 10.3. The highest BCUT2D eigenvalue weighted by Crippen LogP contribution is 2.40. The Balaban J connectivity index is 0. The second kappa shape index (κ2) is 12.8. The third-order valence-electron chi connectivity index (χ3n) is 3.68. The molecule has 0 amide bonds. The van der Waals surface area contributed by atoms with Crippen molar-refractivity contribution in [2.75, 3.05) is 39.6 Å². The maximum absolute atomic E-state index is 9.73. The minimum absolute atomic E-state index is 0.00231. The topological polar surface area (TPSA) is 66.4 Å². The van der Waals surface area contributed by atoms with Gasteiger partial charge in [0.05, 0.1) is 34.3 Å². The Morgan fingerprint density at radius 3 is 1.76 bits per heavy atom. The van der Waals surface area contributed by atoms with Crippen molar-refractivity contribution in [1.82, 2.24) is 0 Å². The van der Waals surface area contributed by atoms with E-state index in [1.807, 2.05) is 6.92 Å². The fraction of sp³-hybridized carbons (Fsp3) is 1.00. The summed E-state index contributed by atoms with van der Waals surface area (Å²) >= 11 is 0. The summed E-state index contributed by atoms with van der Waals surface area (Å²) in [4.78, 5) is 0. The Kier molecular flexibility index (Phi) is 14.3. The van der Waals surface area contributed by atoms with Gasteiger partial charge in [-0.2, -0.15) is 0 Å². The summed E-state index contributed by atoms with van der Waals surface area (Å²) in [7, 11) is -4.27. The first kappa shape index (κ1) is 23.5. The molecule has 0 radical (unpaired) electrons. The van der Waals surface area contributed by atoms with Crippen LogP contribution in [0.5, 0.6) is 0 Å². The van der Waals surface area contributed by atoms with Gasteiger partial charge in [-0.05, 0) is 26.7 Å². The summed E-state index contributed by atoms with van der Waals surface area (Å²) in [5, 5.41) is 0. The second-order valence-electron chi connectivity index (χ2n) is 5.24. The first-order valence-electron chi connectivity index (χ1n) is 7.83. The van der Waals surface area contributed by atoms with Gasteiger partial charge in [-0.15, -0.1) is 0 Å². The van der Waals surface area contributed by atoms with Crippen molar-refractivity contribution in [3.8, 4) is 0 Å². The minimum Gasteiger partial charge on any atom is -0.726 e. The summed E-state index contributed by atoms with van der Waals surface area (Å²) in [5.74, 6) is 0. The van der Waals surface area contributed by atoms with E-state index in [4.69, 9.17) is 0 Å². The van der Waals surface area contributed by atoms with Crippen molar-refractivity contribution < 1.29 is 21.4 Å². The molecule has 0 aliphatic rings. The predicted molar refractivity (Wildman–Crippen MR) is 90.4 cm³/mol. The van der Waals surface area contributed by atoms with Crippen molar-refractivity contribution in [2.24, 2.45) is 0 Å². The molecule has 0 aromatic heterocycles. The van der Waals surface area contributed by atoms with Crippen LogP contribution in [0, 0.1) is 0 Å². The smallest absolute Gasteiger partial charge is 0.217 e. The molecule has 0 fully saturated rings. The maximum Gasteiger partial charge on any atom is 0.217 e. The van der Waals surface area contributed by atoms with E-state index in [1.165, 1.54) is 36.7 Å². The van der Waals surface area contributed by atoms with Crippen LogP contribution < -0.4 is 0 Å². The molecule has 5 nitrogen and oxygen atoms in total. The molecule has 0 unspecified atom stereocenters. The van der Waals surface area contributed by atoms with Gasteiger partial charge in [-0.3, -0.25) is 4.18 Å². The molecule has 0 saturated carbocycles. The van der Waals surface area contributed by atoms with Crippen LogP contribution in [0.25, 0.3) is 0 Å². The van der Waals surface area contributed by atoms with Crippen LogP contribution in [-0.4, -0.2) is 56.8 Å². The zero-order valence-electron chi connectivity index (χ0n) is 14.6. The van der Waals surface area contributed by atoms with Crippen LogP contribution in [0.2, 0.25) is 0 Å². The summed E-state index contributed by atoms with van der Waals surface area (Å²) in [6.45, 7) is 17.7. The molecular weight excluding hydrogens is 309 g/mol. The summed E-state index contributed by atoms with van der Waals surface area (Å²) < 4.78 is 34.4. The number of hydrogen-bond acceptors (Lipinski definition) is 4. The Bertz CT molecular complexity index is 330. The van der Waals surface area contributed by atoms with E-state index in [0.717, 1.165) is 6.42 Å². The molecule has 130 valence electrons. The lowest BCUT2D eigenvalue weighted by Gasteiger charge is -2.40. The highest BCUT2D eigenvalue weighted by molar-refractivity contribution is 7.80. The average Bonchev–Trinajstić information content (AvgIpc) is 2.40. The molecular formula is C14H34NO4PS. The highest BCUT2D eigenvalue weighted by atomic mass is 32.3. The van der Waals surface area contributed by atoms with Gasteiger partial charge in [-0.25, -0.2) is 8.42 Å². The number of hydrogen-bond donors (Lipinski definition) is 0. The van der Waals surface area contributed by atoms with Crippen molar-refractivity contribution in [3.05, 3.63) is 0 Å². The lowest BCUT2D eigenvalue weighted by molar-refractivity contribution is -0.803. The molecule has 0 atom stereocenters. The van der Waals surface area contributed by atoms with Gasteiger partial charge in [0.25, 0.3) is 0 Å². The van der Waals surface area contributed by atoms with Crippen LogP contribution in [-0.2, 0) is 14.6 Å². The molecule has 0 aliphatic heterocycles. The van der Waals surface area contributed by atoms with E-state index in [2.05, 4.69) is 38.3 Å². The second-order valence-corrected chi connectivity index (χ2v) is 8.83. The Hall–Kier alpha value is 0.260. The van der Waals surface area contributed by atoms with Crippen LogP contribution in [0.3, 0.4) is 0 Å². The third kappa shape index (κ3) is 12.5. The maximum atomic E-state index is 9.73. The first-order chi connectivity index (χ1) is 9.69. The molecule has 0 bridgehead atoms. The summed E-state index contributed by atoms with van der Waals surface area (Å²) in [6, 6.07) is 0. The molecule has 0 aromatic carbocycles. The van der Waals surface area contributed by atoms with Gasteiger partial charge in [0.1, 0.15) is 0 Å². The average molecular weight is 343 g/mol. The first-order valence-corrected chi connectivity index (χ1v) is 11.3. The fourth-order valence-corrected chi connectivity index (χ4v) is 4.06. The van der Waals surface area contributed by atoms with Gasteiger partial charge in [0.15, 0.2) is 0 Å². The van der Waals surface area contributed by atoms with E-state index >= 15 is 0 Å². The van der Waals surface area contributed by atoms with Gasteiger partial charge in [0, 0.05) is 13.3 Å². The largest absolute Gasteiger partial charge is 0.726 e. The van der Waals surface area contributed by atoms with Crippen LogP contribution in [0.15, 0.2) is 0 Å². The van der Waals surface area contributed by atoms with Gasteiger partial charge in [0.2, 0.25) is 10.4 Å². The van der Waals surface area contributed by atoms with Crippen molar-refractivity contribution in [3.63, 3.8) is 0 Å². The van der Waals surface area contributed by atoms with Crippen LogP contribution in [0.1, 0.15) is 53.4 Å². The quantitative estimate of drug-likeness (QED) is 0.263. The molecule has 0 N–H and O–H groups in total. The van der Waals surface area contributed by atoms with E-state index < -0.39 is 10.4 Å². The van der Waals surface area contributed by atoms with E-state index in [1.54, 1.807) is 0 Å². The molecule has 0 aromatic rings. The zero-order valence-corrected chi connectivity index (χ0v) is 16.3. The number of quaternary nitrogens is 1. The Morgan fingerprint density at radius 1 is 1.00 bits per heavy atom. The van der Waals surface area contributed by atoms with E-state index in [-0.39, 0.29) is 14.7 Å². The van der Waals surface area contributed by atoms with Crippen molar-refractivity contribution >= 4 is 18.5 Å². The summed E-state index contributed by atoms with van der Waals surface area (Å²) in [5.41, 5.74) is 0. The van der Waals surface area contributed by atoms with E-state index in [0.29, 0.717) is 6.42 Å². The fourth-order valence-electron chi connectivity index (χ4n) is 2.06. The lowest BCUT2D eigenvalue weighted by Crippen LogP contribution is -2.42. The zero-order chi connectivity index (χ0) is 16.9. The van der Waals surface area contributed by atoms with Gasteiger partial charge >= 0.3 is 0 Å². The van der Waals surface area contributed by atoms with Crippen molar-refractivity contribution in [1.29, 1.82) is 0 Å². The Morgan fingerprint density at radius 2 is 1.48 bits per heavy atom. The number of nitrogens with zero attached hydrogens (tertiary/aromatic N) is 1. The molecule has 0 aliphatic carbocycles. The standard InChI is InChI=1S/C10H25NP.C4H10O4S/c1-6-9-10-11(7-2,8-3)12(4)5;1-2-3-4-8-9(5,6)7/h6-10H2,1-5H3;2-4H2,1H3,(H,5,6,7)/q+1;/p-1. The normalized spacial score (nSPS) is 12.2. The van der Waals surface area contributed by atoms with Gasteiger partial charge < -0.3 is 8.81 Å². The van der Waals surface area contributed by atoms with Crippen molar-refractivity contribution in [2.45, 2.75) is 53.4 Å².